The number of ether oxygens (including phenoxy) is 1. The Kier molecular flexibility index (Phi) is 6.43. The minimum atomic E-state index is -1.14. The van der Waals surface area contributed by atoms with Crippen molar-refractivity contribution < 1.29 is 32.5 Å². The molecule has 2 unspecified atom stereocenters. The van der Waals surface area contributed by atoms with E-state index >= 15 is 8.78 Å². The van der Waals surface area contributed by atoms with E-state index in [-0.39, 0.29) is 57.6 Å². The number of piperidine rings is 1. The summed E-state index contributed by atoms with van der Waals surface area (Å²) >= 11 is 0. The lowest BCUT2D eigenvalue weighted by Gasteiger charge is -2.36. The highest BCUT2D eigenvalue weighted by molar-refractivity contribution is 6.01. The average Bonchev–Trinajstić information content (AvgIpc) is 3.58. The molecule has 0 radical (unpaired) electrons. The molecule has 2 bridgehead atoms. The number of aliphatic hydroxyl groups is 1. The van der Waals surface area contributed by atoms with Gasteiger partial charge in [0.05, 0.1) is 11.6 Å². The first-order valence-corrected chi connectivity index (χ1v) is 15.3. The molecule has 8 rings (SSSR count). The highest BCUT2D eigenvalue weighted by Crippen LogP contribution is 2.44. The van der Waals surface area contributed by atoms with Crippen LogP contribution in [-0.2, 0) is 0 Å². The molecule has 3 aliphatic heterocycles. The van der Waals surface area contributed by atoms with Gasteiger partial charge in [-0.3, -0.25) is 4.90 Å². The zero-order valence-corrected chi connectivity index (χ0v) is 23.9. The highest BCUT2D eigenvalue weighted by Gasteiger charge is 2.49. The third-order valence-electron chi connectivity index (χ3n) is 10.4. The van der Waals surface area contributed by atoms with Crippen LogP contribution in [0.2, 0.25) is 0 Å². The Morgan fingerprint density at radius 3 is 2.55 bits per heavy atom. The van der Waals surface area contributed by atoms with Gasteiger partial charge in [-0.1, -0.05) is 12.1 Å². The van der Waals surface area contributed by atoms with Gasteiger partial charge in [0.2, 0.25) is 0 Å². The monoisotopic (exact) mass is 608 g/mol. The van der Waals surface area contributed by atoms with Crippen molar-refractivity contribution in [2.24, 2.45) is 11.8 Å². The molecule has 4 aromatic rings. The van der Waals surface area contributed by atoms with E-state index < -0.39 is 35.3 Å². The number of hydrogen-bond acceptors (Lipinski definition) is 7. The Hall–Kier alpha value is -3.70. The minimum absolute atomic E-state index is 0.0152. The fourth-order valence-electron chi connectivity index (χ4n) is 8.25. The van der Waals surface area contributed by atoms with Crippen LogP contribution in [0.1, 0.15) is 32.1 Å². The molecule has 3 aromatic carbocycles. The summed E-state index contributed by atoms with van der Waals surface area (Å²) in [4.78, 5) is 13.4. The fraction of sp³-hybridized carbons (Fsp3) is 0.455. The van der Waals surface area contributed by atoms with Gasteiger partial charge in [0.1, 0.15) is 29.9 Å². The van der Waals surface area contributed by atoms with Crippen LogP contribution in [0.25, 0.3) is 32.8 Å². The number of aliphatic hydroxyl groups excluding tert-OH is 1. The van der Waals surface area contributed by atoms with Crippen LogP contribution in [-0.4, -0.2) is 75.7 Å². The molecule has 230 valence electrons. The van der Waals surface area contributed by atoms with Gasteiger partial charge in [0, 0.05) is 54.2 Å². The molecule has 4 fully saturated rings. The number of benzene rings is 3. The van der Waals surface area contributed by atoms with Crippen molar-refractivity contribution in [2.45, 2.75) is 49.9 Å². The van der Waals surface area contributed by atoms with Gasteiger partial charge < -0.3 is 19.8 Å². The summed E-state index contributed by atoms with van der Waals surface area (Å²) in [6.07, 6.45) is 2.52. The standard InChI is InChI=1S/C33H32F4N4O3/c34-20-12-33(8-1-9-41(33)15-20)16-44-32-38-29-23(31(39-32)40-13-18-2-3-19(14-40)30(18)43)6-5-22(27(29)36)24-11-21(42)10-17-4-7-25(35)28(37)26(17)24/h4-7,10-11,18-20,30,42-43H,1-3,8-9,12-16H2/t18?,19?,20-,30?,33+/m1/s1. The zero-order valence-electron chi connectivity index (χ0n) is 23.9. The number of hydrogen-bond donors (Lipinski definition) is 2. The molecule has 0 amide bonds. The van der Waals surface area contributed by atoms with Crippen LogP contribution in [0.5, 0.6) is 11.8 Å². The van der Waals surface area contributed by atoms with Gasteiger partial charge in [-0.2, -0.15) is 9.97 Å². The van der Waals surface area contributed by atoms with Gasteiger partial charge >= 0.3 is 6.01 Å². The second-order valence-electron chi connectivity index (χ2n) is 13.0. The molecule has 4 atom stereocenters. The molecule has 4 aliphatic rings. The van der Waals surface area contributed by atoms with Crippen molar-refractivity contribution in [1.82, 2.24) is 14.9 Å². The second-order valence-corrected chi connectivity index (χ2v) is 13.0. The Bertz CT molecular complexity index is 1790. The van der Waals surface area contributed by atoms with Gasteiger partial charge in [0.25, 0.3) is 0 Å². The van der Waals surface area contributed by atoms with Gasteiger partial charge in [0.15, 0.2) is 17.5 Å². The number of aromatic hydroxyl groups is 1. The van der Waals surface area contributed by atoms with E-state index in [1.807, 2.05) is 4.90 Å². The van der Waals surface area contributed by atoms with Crippen LogP contribution in [0, 0.1) is 29.3 Å². The summed E-state index contributed by atoms with van der Waals surface area (Å²) < 4.78 is 66.7. The van der Waals surface area contributed by atoms with Gasteiger partial charge in [-0.15, -0.1) is 0 Å². The van der Waals surface area contributed by atoms with Crippen LogP contribution in [0.4, 0.5) is 23.4 Å². The summed E-state index contributed by atoms with van der Waals surface area (Å²) in [7, 11) is 0. The van der Waals surface area contributed by atoms with Gasteiger partial charge in [-0.25, -0.2) is 17.6 Å². The lowest BCUT2D eigenvalue weighted by Crippen LogP contribution is -2.45. The summed E-state index contributed by atoms with van der Waals surface area (Å²) in [6.45, 7) is 2.38. The van der Waals surface area contributed by atoms with Crippen molar-refractivity contribution in [2.75, 3.05) is 37.7 Å². The molecular weight excluding hydrogens is 576 g/mol. The number of fused-ring (bicyclic) bond motifs is 5. The van der Waals surface area contributed by atoms with Crippen LogP contribution < -0.4 is 9.64 Å². The summed E-state index contributed by atoms with van der Waals surface area (Å²) in [5.41, 5.74) is -0.609. The Morgan fingerprint density at radius 2 is 1.75 bits per heavy atom. The zero-order chi connectivity index (χ0) is 30.3. The van der Waals surface area contributed by atoms with Crippen LogP contribution in [0.15, 0.2) is 36.4 Å². The molecule has 1 aromatic heterocycles. The van der Waals surface area contributed by atoms with Crippen molar-refractivity contribution >= 4 is 27.5 Å². The average molecular weight is 609 g/mol. The Morgan fingerprint density at radius 1 is 0.955 bits per heavy atom. The molecule has 1 saturated carbocycles. The maximum Gasteiger partial charge on any atom is 0.319 e. The molecule has 3 saturated heterocycles. The number of anilines is 1. The van der Waals surface area contributed by atoms with E-state index in [1.165, 1.54) is 24.3 Å². The first-order valence-electron chi connectivity index (χ1n) is 15.3. The maximum atomic E-state index is 16.6. The highest BCUT2D eigenvalue weighted by atomic mass is 19.2. The van der Waals surface area contributed by atoms with E-state index in [0.29, 0.717) is 37.3 Å². The summed E-state index contributed by atoms with van der Waals surface area (Å²) in [5.74, 6) is -2.66. The van der Waals surface area contributed by atoms with Crippen molar-refractivity contribution in [1.29, 1.82) is 0 Å². The van der Waals surface area contributed by atoms with E-state index in [2.05, 4.69) is 9.88 Å². The van der Waals surface area contributed by atoms with Crippen molar-refractivity contribution in [3.8, 4) is 22.9 Å². The number of alkyl halides is 1. The number of rotatable bonds is 5. The topological polar surface area (TPSA) is 82.0 Å². The lowest BCUT2D eigenvalue weighted by atomic mass is 9.94. The molecular formula is C33H32F4N4O3. The van der Waals surface area contributed by atoms with Crippen molar-refractivity contribution in [3.05, 3.63) is 53.8 Å². The number of halogens is 4. The second kappa shape index (κ2) is 10.2. The Balaban J connectivity index is 1.26. The molecule has 44 heavy (non-hydrogen) atoms. The van der Waals surface area contributed by atoms with Crippen molar-refractivity contribution in [3.63, 3.8) is 0 Å². The number of nitrogens with zero attached hydrogens (tertiary/aromatic N) is 4. The van der Waals surface area contributed by atoms with Crippen LogP contribution in [0.3, 0.4) is 0 Å². The van der Waals surface area contributed by atoms with E-state index in [1.54, 1.807) is 6.07 Å². The molecule has 1 aliphatic carbocycles. The number of phenols is 1. The first-order chi connectivity index (χ1) is 21.2. The SMILES string of the molecule is Oc1cc(-c2ccc3c(N4CC5CCC(C4)C5O)nc(OC[C@@]45CCCN4C[C@H](F)C5)nc3c2F)c2c(F)c(F)ccc2c1. The predicted octanol–water partition coefficient (Wildman–Crippen LogP) is 5.74. The summed E-state index contributed by atoms with van der Waals surface area (Å²) in [5, 5.41) is 21.5. The summed E-state index contributed by atoms with van der Waals surface area (Å²) in [6, 6.07) is 7.86. The fourth-order valence-corrected chi connectivity index (χ4v) is 8.25. The first kappa shape index (κ1) is 27.8. The quantitative estimate of drug-likeness (QED) is 0.280. The van der Waals surface area contributed by atoms with E-state index in [9.17, 15) is 19.0 Å². The molecule has 7 nitrogen and oxygen atoms in total. The minimum Gasteiger partial charge on any atom is -0.508 e. The lowest BCUT2D eigenvalue weighted by molar-refractivity contribution is 0.0790. The normalized spacial score (nSPS) is 28.3. The number of aromatic nitrogens is 2. The molecule has 4 heterocycles. The van der Waals surface area contributed by atoms with Gasteiger partial charge in [-0.05, 0) is 67.4 Å². The third kappa shape index (κ3) is 4.30. The Labute approximate surface area is 251 Å². The molecule has 2 N–H and O–H groups in total. The molecule has 11 heteroatoms. The smallest absolute Gasteiger partial charge is 0.319 e. The molecule has 0 spiro atoms. The predicted molar refractivity (Wildman–Crippen MR) is 157 cm³/mol. The number of phenolic OH excluding ortho intramolecular Hbond substituents is 1. The largest absolute Gasteiger partial charge is 0.508 e. The van der Waals surface area contributed by atoms with Crippen LogP contribution >= 0.6 is 0 Å². The van der Waals surface area contributed by atoms with E-state index in [0.717, 1.165) is 38.3 Å². The van der Waals surface area contributed by atoms with E-state index in [4.69, 9.17) is 9.72 Å². The maximum absolute atomic E-state index is 16.6. The third-order valence-corrected chi connectivity index (χ3v) is 10.4.